The van der Waals surface area contributed by atoms with Crippen molar-refractivity contribution in [3.63, 3.8) is 0 Å². The number of halogens is 1. The van der Waals surface area contributed by atoms with Crippen LogP contribution in [0.25, 0.3) is 11.7 Å². The van der Waals surface area contributed by atoms with E-state index >= 15 is 0 Å². The molecule has 3 aromatic rings. The first-order valence-electron chi connectivity index (χ1n) is 9.11. The number of nitrogens with one attached hydrogen (secondary N) is 1. The second-order valence-corrected chi connectivity index (χ2v) is 7.08. The molecule has 8 heteroatoms. The quantitative estimate of drug-likeness (QED) is 0.599. The van der Waals surface area contributed by atoms with Crippen LogP contribution in [0.1, 0.15) is 30.4 Å². The molecule has 0 saturated heterocycles. The molecular formula is C20H23ClN4O3. The average Bonchev–Trinajstić information content (AvgIpc) is 3.29. The van der Waals surface area contributed by atoms with E-state index in [2.05, 4.69) is 15.5 Å². The van der Waals surface area contributed by atoms with E-state index in [0.29, 0.717) is 41.3 Å². The molecule has 0 saturated carbocycles. The molecular weight excluding hydrogens is 380 g/mol. The van der Waals surface area contributed by atoms with Crippen LogP contribution in [0.4, 0.5) is 5.69 Å². The molecule has 1 N–H and O–H groups in total. The van der Waals surface area contributed by atoms with Crippen LogP contribution in [0.15, 0.2) is 39.4 Å². The molecule has 148 valence electrons. The van der Waals surface area contributed by atoms with Crippen molar-refractivity contribution in [3.8, 4) is 11.7 Å². The fourth-order valence-electron chi connectivity index (χ4n) is 2.99. The summed E-state index contributed by atoms with van der Waals surface area (Å²) in [7, 11) is 0. The number of aryl methyl sites for hydroxylation is 2. The Morgan fingerprint density at radius 3 is 2.79 bits per heavy atom. The van der Waals surface area contributed by atoms with Gasteiger partial charge in [0.2, 0.25) is 11.8 Å². The summed E-state index contributed by atoms with van der Waals surface area (Å²) < 4.78 is 10.9. The van der Waals surface area contributed by atoms with Crippen molar-refractivity contribution in [3.05, 3.63) is 52.6 Å². The predicted octanol–water partition coefficient (Wildman–Crippen LogP) is 4.45. The van der Waals surface area contributed by atoms with Gasteiger partial charge in [-0.25, -0.2) is 0 Å². The van der Waals surface area contributed by atoms with E-state index < -0.39 is 0 Å². The highest BCUT2D eigenvalue weighted by Gasteiger charge is 2.17. The van der Waals surface area contributed by atoms with Crippen molar-refractivity contribution in [1.82, 2.24) is 15.1 Å². The first-order chi connectivity index (χ1) is 13.5. The topological polar surface area (TPSA) is 84.4 Å². The molecule has 3 rings (SSSR count). The number of anilines is 1. The Hall–Kier alpha value is -2.64. The third-order valence-corrected chi connectivity index (χ3v) is 4.46. The maximum absolute atomic E-state index is 12.6. The molecule has 28 heavy (non-hydrogen) atoms. The van der Waals surface area contributed by atoms with Gasteiger partial charge in [-0.15, -0.1) is 10.2 Å². The maximum atomic E-state index is 12.6. The highest BCUT2D eigenvalue weighted by molar-refractivity contribution is 6.34. The Kier molecular flexibility index (Phi) is 6.49. The van der Waals surface area contributed by atoms with Crippen molar-refractivity contribution < 1.29 is 13.6 Å². The number of amides is 1. The largest absolute Gasteiger partial charge is 0.459 e. The minimum absolute atomic E-state index is 0.145. The van der Waals surface area contributed by atoms with Crippen molar-refractivity contribution in [1.29, 1.82) is 0 Å². The zero-order chi connectivity index (χ0) is 20.1. The highest BCUT2D eigenvalue weighted by Crippen LogP contribution is 2.27. The van der Waals surface area contributed by atoms with Crippen molar-refractivity contribution in [2.45, 2.75) is 33.7 Å². The summed E-state index contributed by atoms with van der Waals surface area (Å²) in [5.74, 6) is 1.12. The van der Waals surface area contributed by atoms with E-state index in [-0.39, 0.29) is 12.5 Å². The molecule has 2 aromatic heterocycles. The lowest BCUT2D eigenvalue weighted by molar-refractivity contribution is -0.117. The number of furan rings is 1. The second-order valence-electron chi connectivity index (χ2n) is 6.68. The van der Waals surface area contributed by atoms with E-state index in [1.165, 1.54) is 0 Å². The first-order valence-corrected chi connectivity index (χ1v) is 9.49. The van der Waals surface area contributed by atoms with E-state index in [9.17, 15) is 4.79 Å². The Balaban J connectivity index is 1.65. The van der Waals surface area contributed by atoms with Crippen LogP contribution in [-0.2, 0) is 11.3 Å². The van der Waals surface area contributed by atoms with E-state index in [1.54, 1.807) is 18.4 Å². The number of hydrogen-bond donors (Lipinski definition) is 1. The molecule has 7 nitrogen and oxygen atoms in total. The number of carbonyl (C=O) groups is 1. The van der Waals surface area contributed by atoms with Crippen molar-refractivity contribution in [2.24, 2.45) is 0 Å². The van der Waals surface area contributed by atoms with Gasteiger partial charge in [0, 0.05) is 0 Å². The third kappa shape index (κ3) is 4.99. The lowest BCUT2D eigenvalue weighted by Crippen LogP contribution is -2.33. The van der Waals surface area contributed by atoms with Crippen molar-refractivity contribution in [2.75, 3.05) is 18.4 Å². The normalized spacial score (nSPS) is 11.2. The molecule has 0 aliphatic heterocycles. The molecule has 0 spiro atoms. The molecule has 0 aliphatic rings. The van der Waals surface area contributed by atoms with Gasteiger partial charge in [-0.1, -0.05) is 24.6 Å². The van der Waals surface area contributed by atoms with Gasteiger partial charge in [0.05, 0.1) is 30.1 Å². The molecule has 2 heterocycles. The lowest BCUT2D eigenvalue weighted by atomic mass is 10.1. The summed E-state index contributed by atoms with van der Waals surface area (Å²) >= 11 is 6.29. The number of hydrogen-bond acceptors (Lipinski definition) is 6. The fourth-order valence-corrected chi connectivity index (χ4v) is 3.36. The number of benzene rings is 1. The average molecular weight is 403 g/mol. The summed E-state index contributed by atoms with van der Waals surface area (Å²) in [5.41, 5.74) is 2.63. The number of rotatable bonds is 8. The van der Waals surface area contributed by atoms with Crippen LogP contribution >= 0.6 is 11.6 Å². The molecule has 0 fully saturated rings. The lowest BCUT2D eigenvalue weighted by Gasteiger charge is -2.20. The highest BCUT2D eigenvalue weighted by atomic mass is 35.5. The van der Waals surface area contributed by atoms with Crippen LogP contribution in [0, 0.1) is 13.8 Å². The number of aromatic nitrogens is 2. The van der Waals surface area contributed by atoms with Gasteiger partial charge < -0.3 is 14.2 Å². The zero-order valence-corrected chi connectivity index (χ0v) is 16.9. The summed E-state index contributed by atoms with van der Waals surface area (Å²) in [6.45, 7) is 7.22. The summed E-state index contributed by atoms with van der Waals surface area (Å²) in [6, 6.07) is 7.33. The predicted molar refractivity (Wildman–Crippen MR) is 107 cm³/mol. The Morgan fingerprint density at radius 1 is 1.29 bits per heavy atom. The smallest absolute Gasteiger partial charge is 0.283 e. The van der Waals surface area contributed by atoms with Gasteiger partial charge in [0.15, 0.2) is 5.76 Å². The van der Waals surface area contributed by atoms with Crippen LogP contribution in [0.2, 0.25) is 5.02 Å². The number of nitrogens with zero attached hydrogens (tertiary/aromatic N) is 3. The minimum Gasteiger partial charge on any atom is -0.459 e. The Labute approximate surface area is 168 Å². The molecule has 0 unspecified atom stereocenters. The summed E-state index contributed by atoms with van der Waals surface area (Å²) in [6.07, 6.45) is 2.43. The molecule has 0 radical (unpaired) electrons. The van der Waals surface area contributed by atoms with Gasteiger partial charge in [0.1, 0.15) is 0 Å². The third-order valence-electron chi connectivity index (χ3n) is 4.16. The molecule has 0 aliphatic carbocycles. The van der Waals surface area contributed by atoms with Crippen LogP contribution in [0.5, 0.6) is 0 Å². The molecule has 0 bridgehead atoms. The van der Waals surface area contributed by atoms with Crippen LogP contribution in [-0.4, -0.2) is 34.1 Å². The Bertz CT molecular complexity index is 914. The maximum Gasteiger partial charge on any atom is 0.283 e. The van der Waals surface area contributed by atoms with E-state index in [0.717, 1.165) is 17.5 Å². The monoisotopic (exact) mass is 402 g/mol. The second kappa shape index (κ2) is 9.03. The Morgan fingerprint density at radius 2 is 2.11 bits per heavy atom. The van der Waals surface area contributed by atoms with E-state index in [4.69, 9.17) is 20.4 Å². The standard InChI is InChI=1S/C20H23ClN4O3/c1-4-7-25(12-18-23-24-20(28-18)16-6-5-8-27-16)11-17(26)22-19-14(3)9-13(2)10-15(19)21/h5-6,8-10H,4,7,11-12H2,1-3H3,(H,22,26). The first kappa shape index (κ1) is 20.1. The van der Waals surface area contributed by atoms with Crippen molar-refractivity contribution >= 4 is 23.2 Å². The van der Waals surface area contributed by atoms with Gasteiger partial charge in [-0.3, -0.25) is 9.69 Å². The van der Waals surface area contributed by atoms with Gasteiger partial charge in [-0.05, 0) is 56.1 Å². The molecule has 1 aromatic carbocycles. The summed E-state index contributed by atoms with van der Waals surface area (Å²) in [4.78, 5) is 14.5. The molecule has 0 atom stereocenters. The minimum atomic E-state index is -0.145. The van der Waals surface area contributed by atoms with Crippen LogP contribution in [0.3, 0.4) is 0 Å². The van der Waals surface area contributed by atoms with Gasteiger partial charge in [0.25, 0.3) is 5.89 Å². The zero-order valence-electron chi connectivity index (χ0n) is 16.2. The van der Waals surface area contributed by atoms with Gasteiger partial charge >= 0.3 is 0 Å². The summed E-state index contributed by atoms with van der Waals surface area (Å²) in [5, 5.41) is 11.5. The van der Waals surface area contributed by atoms with Crippen LogP contribution < -0.4 is 5.32 Å². The van der Waals surface area contributed by atoms with Gasteiger partial charge in [-0.2, -0.15) is 0 Å². The number of carbonyl (C=O) groups excluding carboxylic acids is 1. The SMILES string of the molecule is CCCN(CC(=O)Nc1c(C)cc(C)cc1Cl)Cc1nnc(-c2ccco2)o1. The molecule has 1 amide bonds. The van der Waals surface area contributed by atoms with E-state index in [1.807, 2.05) is 37.8 Å². The fraction of sp³-hybridized carbons (Fsp3) is 0.350.